The van der Waals surface area contributed by atoms with E-state index in [1.165, 1.54) is 23.3 Å². The zero-order valence-electron chi connectivity index (χ0n) is 5.76. The maximum atomic E-state index is 11.5. The molecule has 0 radical (unpaired) electrons. The van der Waals surface area contributed by atoms with Crippen LogP contribution in [0.1, 0.15) is 12.8 Å². The van der Waals surface area contributed by atoms with Gasteiger partial charge in [-0.2, -0.15) is 0 Å². The molecule has 0 fully saturated rings. The van der Waals surface area contributed by atoms with Gasteiger partial charge in [-0.25, -0.2) is 0 Å². The zero-order valence-corrected chi connectivity index (χ0v) is 9.21. The molecule has 0 aliphatic carbocycles. The molecule has 0 atom stereocenters. The molecule has 0 spiro atoms. The third-order valence-electron chi connectivity index (χ3n) is 1.01. The van der Waals surface area contributed by atoms with Gasteiger partial charge in [0.05, 0.1) is 0 Å². The standard InChI is InChI=1S/C5H9F3Si.Zr/c1-9-4-2-3-5(6,7)8;/h2-4H2,1H3;/q;+2. The molecule has 0 rings (SSSR count). The van der Waals surface area contributed by atoms with Crippen molar-refractivity contribution in [3.63, 3.8) is 0 Å². The van der Waals surface area contributed by atoms with Crippen molar-refractivity contribution < 1.29 is 36.5 Å². The van der Waals surface area contributed by atoms with Gasteiger partial charge in [0.2, 0.25) is 0 Å². The van der Waals surface area contributed by atoms with Gasteiger partial charge in [-0.3, -0.25) is 0 Å². The maximum absolute atomic E-state index is 11.5. The van der Waals surface area contributed by atoms with E-state index in [9.17, 15) is 13.2 Å². The van der Waals surface area contributed by atoms with Gasteiger partial charge < -0.3 is 0 Å². The first-order chi connectivity index (χ1) is 4.42. The predicted octanol–water partition coefficient (Wildman–Crippen LogP) is 2.50. The quantitative estimate of drug-likeness (QED) is 0.670. The van der Waals surface area contributed by atoms with Crippen LogP contribution in [0.15, 0.2) is 0 Å². The van der Waals surface area contributed by atoms with Crippen LogP contribution in [0, 0.1) is 0 Å². The summed E-state index contributed by atoms with van der Waals surface area (Å²) in [6, 6.07) is 0.808. The molecule has 56 valence electrons. The zero-order chi connectivity index (χ0) is 8.20. The van der Waals surface area contributed by atoms with E-state index >= 15 is 0 Å². The molecule has 0 aromatic rings. The number of halogens is 3. The van der Waals surface area contributed by atoms with Gasteiger partial charge in [0, 0.05) is 0 Å². The number of hydrogen-bond donors (Lipinski definition) is 0. The predicted molar refractivity (Wildman–Crippen MR) is 31.7 cm³/mol. The van der Waals surface area contributed by atoms with Gasteiger partial charge in [-0.15, -0.1) is 0 Å². The van der Waals surface area contributed by atoms with Crippen molar-refractivity contribution in [1.82, 2.24) is 0 Å². The van der Waals surface area contributed by atoms with Crippen LogP contribution in [0.4, 0.5) is 13.2 Å². The summed E-state index contributed by atoms with van der Waals surface area (Å²) in [4.78, 5) is 0. The van der Waals surface area contributed by atoms with E-state index in [1.807, 2.05) is 0 Å². The van der Waals surface area contributed by atoms with Crippen LogP contribution in [-0.4, -0.2) is 11.6 Å². The van der Waals surface area contributed by atoms with Crippen molar-refractivity contribution in [2.75, 3.05) is 0 Å². The Morgan fingerprint density at radius 2 is 1.90 bits per heavy atom. The van der Waals surface area contributed by atoms with Crippen LogP contribution in [0.2, 0.25) is 12.6 Å². The molecular formula is C5H9F3SiZr+2. The van der Waals surface area contributed by atoms with E-state index < -0.39 is 12.6 Å². The van der Waals surface area contributed by atoms with Crippen molar-refractivity contribution >= 4 is 5.43 Å². The Balaban J connectivity index is 3.29. The van der Waals surface area contributed by atoms with Crippen molar-refractivity contribution in [3.8, 4) is 0 Å². The third-order valence-corrected chi connectivity index (χ3v) is 3.96. The minimum atomic E-state index is -3.94. The number of alkyl halides is 3. The molecule has 0 heterocycles. The fourth-order valence-corrected chi connectivity index (χ4v) is 2.56. The van der Waals surface area contributed by atoms with E-state index in [-0.39, 0.29) is 5.43 Å². The van der Waals surface area contributed by atoms with Crippen LogP contribution < -0.4 is 0 Å². The van der Waals surface area contributed by atoms with Crippen molar-refractivity contribution in [1.29, 1.82) is 0 Å². The molecule has 0 saturated heterocycles. The van der Waals surface area contributed by atoms with Gasteiger partial charge >= 0.3 is 73.5 Å². The van der Waals surface area contributed by atoms with E-state index in [0.29, 0.717) is 6.42 Å². The van der Waals surface area contributed by atoms with Gasteiger partial charge in [-0.1, -0.05) is 0 Å². The third kappa shape index (κ3) is 8.89. The molecule has 0 nitrogen and oxygen atoms in total. The first-order valence-corrected chi connectivity index (χ1v) is 8.92. The first-order valence-electron chi connectivity index (χ1n) is 3.02. The van der Waals surface area contributed by atoms with E-state index in [1.54, 1.807) is 0 Å². The number of rotatable bonds is 3. The molecule has 0 saturated carbocycles. The molecule has 0 amide bonds. The summed E-state index contributed by atoms with van der Waals surface area (Å²) in [5, 5.41) is 0. The molecule has 0 bridgehead atoms. The summed E-state index contributed by atoms with van der Waals surface area (Å²) in [5.74, 6) is 0. The summed E-state index contributed by atoms with van der Waals surface area (Å²) in [6.45, 7) is 2.07. The summed E-state index contributed by atoms with van der Waals surface area (Å²) in [6.07, 6.45) is -4.20. The topological polar surface area (TPSA) is 0 Å². The first kappa shape index (κ1) is 10.9. The van der Waals surface area contributed by atoms with Gasteiger partial charge in [-0.05, 0) is 0 Å². The molecule has 0 N–H and O–H groups in total. The van der Waals surface area contributed by atoms with E-state index in [0.717, 1.165) is 6.04 Å². The van der Waals surface area contributed by atoms with Crippen LogP contribution >= 0.6 is 0 Å². The Bertz CT molecular complexity index is 121. The fourth-order valence-electron chi connectivity index (χ4n) is 0.554. The Labute approximate surface area is 73.6 Å². The monoisotopic (exact) mass is 244 g/mol. The molecule has 0 aliphatic rings. The minimum absolute atomic E-state index is 0.333. The van der Waals surface area contributed by atoms with Crippen LogP contribution in [0.3, 0.4) is 0 Å². The fraction of sp³-hybridized carbons (Fsp3) is 1.00. The summed E-state index contributed by atoms with van der Waals surface area (Å²) in [7, 11) is 0. The Morgan fingerprint density at radius 1 is 1.40 bits per heavy atom. The normalized spacial score (nSPS) is 11.8. The SMILES string of the molecule is C[Si](=[Zr+2])CCCC(F)(F)F. The van der Waals surface area contributed by atoms with Crippen LogP contribution in [-0.2, 0) is 23.3 Å². The molecule has 0 aliphatic heterocycles. The molecular weight excluding hydrogens is 236 g/mol. The second kappa shape index (κ2) is 4.70. The average Bonchev–Trinajstić information content (AvgIpc) is 1.59. The van der Waals surface area contributed by atoms with Crippen molar-refractivity contribution in [2.45, 2.75) is 31.6 Å². The summed E-state index contributed by atoms with van der Waals surface area (Å²) in [5.41, 5.74) is -0.367. The Hall–Kier alpha value is 0.890. The van der Waals surface area contributed by atoms with Gasteiger partial charge in [0.1, 0.15) is 0 Å². The van der Waals surface area contributed by atoms with E-state index in [4.69, 9.17) is 0 Å². The van der Waals surface area contributed by atoms with Crippen LogP contribution in [0.25, 0.3) is 0 Å². The summed E-state index contributed by atoms with van der Waals surface area (Å²) >= 11 is 1.43. The second-order valence-electron chi connectivity index (χ2n) is 2.25. The summed E-state index contributed by atoms with van der Waals surface area (Å²) < 4.78 is 34.6. The molecule has 0 unspecified atom stereocenters. The Kier molecular flexibility index (Phi) is 5.12. The van der Waals surface area contributed by atoms with Gasteiger partial charge in [0.15, 0.2) is 0 Å². The van der Waals surface area contributed by atoms with Crippen molar-refractivity contribution in [3.05, 3.63) is 0 Å². The molecule has 10 heavy (non-hydrogen) atoms. The van der Waals surface area contributed by atoms with E-state index in [2.05, 4.69) is 6.55 Å². The van der Waals surface area contributed by atoms with Gasteiger partial charge in [0.25, 0.3) is 0 Å². The Morgan fingerprint density at radius 3 is 2.20 bits per heavy atom. The second-order valence-corrected chi connectivity index (χ2v) is 10.6. The molecule has 0 aromatic heterocycles. The van der Waals surface area contributed by atoms with Crippen LogP contribution in [0.5, 0.6) is 0 Å². The van der Waals surface area contributed by atoms with Crippen molar-refractivity contribution in [2.24, 2.45) is 0 Å². The molecule has 5 heteroatoms. The molecule has 0 aromatic carbocycles. The average molecular weight is 245 g/mol. The number of hydrogen-bond acceptors (Lipinski definition) is 0.